The molecule has 0 bridgehead atoms. The molecule has 4 heterocycles. The van der Waals surface area contributed by atoms with Gasteiger partial charge >= 0.3 is 0 Å². The van der Waals surface area contributed by atoms with Gasteiger partial charge in [-0.3, -0.25) is 0 Å². The summed E-state index contributed by atoms with van der Waals surface area (Å²) in [6.07, 6.45) is 0. The fraction of sp³-hybridized carbons (Fsp3) is 0. The van der Waals surface area contributed by atoms with Gasteiger partial charge in [0.2, 0.25) is 0 Å². The van der Waals surface area contributed by atoms with Crippen molar-refractivity contribution in [2.24, 2.45) is 0 Å². The average molecular weight is 579 g/mol. The van der Waals surface area contributed by atoms with Gasteiger partial charge in [-0.1, -0.05) is 48.5 Å². The minimum atomic E-state index is 1.31. The first-order valence-electron chi connectivity index (χ1n) is 13.3. The molecule has 0 N–H and O–H groups in total. The summed E-state index contributed by atoms with van der Waals surface area (Å²) < 4.78 is 5.44. The molecule has 0 aliphatic rings. The Morgan fingerprint density at radius 1 is 0.350 bits per heavy atom. The van der Waals surface area contributed by atoms with E-state index in [1.54, 1.807) is 0 Å². The van der Waals surface area contributed by atoms with Crippen molar-refractivity contribution in [1.29, 1.82) is 0 Å². The smallest absolute Gasteiger partial charge is 0.0361 e. The lowest BCUT2D eigenvalue weighted by molar-refractivity contribution is 1.76. The number of thiophene rings is 4. The van der Waals surface area contributed by atoms with Crippen molar-refractivity contribution < 1.29 is 0 Å². The molecule has 0 atom stereocenters. The van der Waals surface area contributed by atoms with Crippen LogP contribution in [0.2, 0.25) is 0 Å². The maximum atomic E-state index is 2.39. The third kappa shape index (κ3) is 2.99. The second-order valence-corrected chi connectivity index (χ2v) is 14.6. The van der Waals surface area contributed by atoms with Gasteiger partial charge in [0.15, 0.2) is 0 Å². The lowest BCUT2D eigenvalue weighted by atomic mass is 9.89. The molecule has 0 aliphatic heterocycles. The average Bonchev–Trinajstić information content (AvgIpc) is 3.78. The topological polar surface area (TPSA) is 0 Å². The van der Waals surface area contributed by atoms with E-state index in [1.807, 2.05) is 45.3 Å². The molecule has 0 fully saturated rings. The lowest BCUT2D eigenvalue weighted by Crippen LogP contribution is -1.87. The molecule has 186 valence electrons. The van der Waals surface area contributed by atoms with Crippen LogP contribution in [-0.4, -0.2) is 0 Å². The van der Waals surface area contributed by atoms with Gasteiger partial charge in [0.05, 0.1) is 0 Å². The molecule has 0 saturated carbocycles. The van der Waals surface area contributed by atoms with Gasteiger partial charge in [-0.05, 0) is 124 Å². The van der Waals surface area contributed by atoms with E-state index in [-0.39, 0.29) is 0 Å². The summed E-state index contributed by atoms with van der Waals surface area (Å²) in [4.78, 5) is 2.69. The standard InChI is InChI=1S/C36H18S4/c1-5-25(33-17-23-15-29-21(9-11-37-29)13-31(23)39-33)27-8-4-20-2-6-26(28-7-3-19(1)35(27)36(20)28)34-18-24-16-30-22(10-12-38-30)14-32(24)40-34/h1-18H. The quantitative estimate of drug-likeness (QED) is 0.179. The van der Waals surface area contributed by atoms with Crippen LogP contribution in [-0.2, 0) is 0 Å². The second kappa shape index (κ2) is 7.90. The van der Waals surface area contributed by atoms with Crippen LogP contribution in [0.25, 0.3) is 93.5 Å². The van der Waals surface area contributed by atoms with Crippen molar-refractivity contribution in [1.82, 2.24) is 0 Å². The van der Waals surface area contributed by atoms with E-state index < -0.39 is 0 Å². The fourth-order valence-electron chi connectivity index (χ4n) is 6.49. The molecule has 0 unspecified atom stereocenters. The van der Waals surface area contributed by atoms with Crippen LogP contribution in [0.1, 0.15) is 0 Å². The summed E-state index contributed by atoms with van der Waals surface area (Å²) in [6.45, 7) is 0. The molecular formula is C36H18S4. The lowest BCUT2D eigenvalue weighted by Gasteiger charge is -2.15. The van der Waals surface area contributed by atoms with E-state index in [0.717, 1.165) is 0 Å². The van der Waals surface area contributed by atoms with Crippen LogP contribution in [0.3, 0.4) is 0 Å². The molecule has 40 heavy (non-hydrogen) atoms. The number of hydrogen-bond acceptors (Lipinski definition) is 4. The van der Waals surface area contributed by atoms with Crippen molar-refractivity contribution in [3.05, 3.63) is 108 Å². The number of fused-ring (bicyclic) bond motifs is 4. The molecule has 0 spiro atoms. The van der Waals surface area contributed by atoms with Crippen LogP contribution >= 0.6 is 45.3 Å². The first-order chi connectivity index (χ1) is 19.8. The SMILES string of the molecule is c1cc2cc3sc(-c4ccc5ccc6c(-c7cc8cc9sccc9cc8s7)ccc7ccc4c5c76)cc3cc2s1. The highest BCUT2D eigenvalue weighted by molar-refractivity contribution is 7.23. The maximum Gasteiger partial charge on any atom is 0.0361 e. The predicted molar refractivity (Wildman–Crippen MR) is 183 cm³/mol. The minimum absolute atomic E-state index is 1.31. The summed E-state index contributed by atoms with van der Waals surface area (Å²) in [6, 6.07) is 37.3. The molecule has 0 aliphatic carbocycles. The van der Waals surface area contributed by atoms with Gasteiger partial charge in [-0.2, -0.15) is 0 Å². The first-order valence-corrected chi connectivity index (χ1v) is 16.7. The third-order valence-corrected chi connectivity index (χ3v) is 12.4. The van der Waals surface area contributed by atoms with E-state index in [0.29, 0.717) is 0 Å². The number of hydrogen-bond donors (Lipinski definition) is 0. The van der Waals surface area contributed by atoms with Crippen molar-refractivity contribution in [2.45, 2.75) is 0 Å². The zero-order valence-corrected chi connectivity index (χ0v) is 24.3. The normalized spacial score (nSPS) is 12.5. The molecule has 0 amide bonds. The Hall–Kier alpha value is -3.80. The molecular weight excluding hydrogens is 561 g/mol. The Kier molecular flexibility index (Phi) is 4.33. The summed E-state index contributed by atoms with van der Waals surface area (Å²) in [5.74, 6) is 0. The highest BCUT2D eigenvalue weighted by Gasteiger charge is 2.17. The van der Waals surface area contributed by atoms with Gasteiger partial charge in [0.25, 0.3) is 0 Å². The Balaban J connectivity index is 1.22. The monoisotopic (exact) mass is 578 g/mol. The molecule has 10 rings (SSSR count). The van der Waals surface area contributed by atoms with Gasteiger partial charge in [0, 0.05) is 28.6 Å². The van der Waals surface area contributed by atoms with E-state index in [1.165, 1.54) is 93.5 Å². The Bertz CT molecular complexity index is 2320. The summed E-state index contributed by atoms with van der Waals surface area (Å²) in [5, 5.41) is 17.8. The van der Waals surface area contributed by atoms with Crippen LogP contribution < -0.4 is 0 Å². The Morgan fingerprint density at radius 3 is 1.30 bits per heavy atom. The molecule has 6 aromatic carbocycles. The van der Waals surface area contributed by atoms with Gasteiger partial charge in [0.1, 0.15) is 0 Å². The number of benzene rings is 6. The van der Waals surface area contributed by atoms with Crippen LogP contribution in [0, 0.1) is 0 Å². The molecule has 0 saturated heterocycles. The Labute approximate surface area is 245 Å². The molecule has 0 radical (unpaired) electrons. The zero-order chi connectivity index (χ0) is 25.9. The van der Waals surface area contributed by atoms with Crippen LogP contribution in [0.15, 0.2) is 108 Å². The van der Waals surface area contributed by atoms with Crippen LogP contribution in [0.4, 0.5) is 0 Å². The maximum absolute atomic E-state index is 2.39. The minimum Gasteiger partial charge on any atom is -0.144 e. The van der Waals surface area contributed by atoms with Gasteiger partial charge in [-0.15, -0.1) is 45.3 Å². The second-order valence-electron chi connectivity index (χ2n) is 10.6. The van der Waals surface area contributed by atoms with E-state index in [9.17, 15) is 0 Å². The fourth-order valence-corrected chi connectivity index (χ4v) is 10.4. The van der Waals surface area contributed by atoms with Gasteiger partial charge in [-0.25, -0.2) is 0 Å². The predicted octanol–water partition coefficient (Wildman–Crippen LogP) is 12.8. The molecule has 4 aromatic heterocycles. The molecule has 10 aromatic rings. The molecule has 4 heteroatoms. The summed E-state index contributed by atoms with van der Waals surface area (Å²) in [7, 11) is 0. The third-order valence-electron chi connectivity index (χ3n) is 8.38. The summed E-state index contributed by atoms with van der Waals surface area (Å²) >= 11 is 7.46. The van der Waals surface area contributed by atoms with E-state index >= 15 is 0 Å². The van der Waals surface area contributed by atoms with E-state index in [4.69, 9.17) is 0 Å². The van der Waals surface area contributed by atoms with Gasteiger partial charge < -0.3 is 0 Å². The highest BCUT2D eigenvalue weighted by Crippen LogP contribution is 2.46. The van der Waals surface area contributed by atoms with Crippen molar-refractivity contribution in [3.8, 4) is 20.9 Å². The summed E-state index contributed by atoms with van der Waals surface area (Å²) in [5.41, 5.74) is 2.66. The Morgan fingerprint density at radius 2 is 0.800 bits per heavy atom. The zero-order valence-electron chi connectivity index (χ0n) is 21.0. The largest absolute Gasteiger partial charge is 0.144 e. The van der Waals surface area contributed by atoms with Crippen molar-refractivity contribution in [2.75, 3.05) is 0 Å². The van der Waals surface area contributed by atoms with Crippen LogP contribution in [0.5, 0.6) is 0 Å². The number of rotatable bonds is 2. The first kappa shape index (κ1) is 22.0. The molecule has 0 nitrogen and oxygen atoms in total. The van der Waals surface area contributed by atoms with E-state index in [2.05, 4.69) is 108 Å². The van der Waals surface area contributed by atoms with Crippen molar-refractivity contribution >= 4 is 118 Å². The van der Waals surface area contributed by atoms with Crippen molar-refractivity contribution in [3.63, 3.8) is 0 Å². The highest BCUT2D eigenvalue weighted by atomic mass is 32.1.